The van der Waals surface area contributed by atoms with E-state index in [2.05, 4.69) is 15.3 Å². The summed E-state index contributed by atoms with van der Waals surface area (Å²) in [5.41, 5.74) is 0.879. The van der Waals surface area contributed by atoms with Gasteiger partial charge in [-0.3, -0.25) is 14.7 Å². The Kier molecular flexibility index (Phi) is 8.11. The molecule has 2 aromatic heterocycles. The lowest BCUT2D eigenvalue weighted by atomic mass is 9.80. The number of anilines is 1. The van der Waals surface area contributed by atoms with E-state index in [0.29, 0.717) is 17.9 Å². The summed E-state index contributed by atoms with van der Waals surface area (Å²) in [5.74, 6) is 1.49. The summed E-state index contributed by atoms with van der Waals surface area (Å²) in [6.45, 7) is 0.0245. The molecular weight excluding hydrogens is 566 g/mol. The summed E-state index contributed by atoms with van der Waals surface area (Å²) in [6.07, 6.45) is 1.49. The largest absolute Gasteiger partial charge is 0.497 e. The van der Waals surface area contributed by atoms with Crippen molar-refractivity contribution in [3.63, 3.8) is 0 Å². The molecular formula is C32H31N5O7. The summed E-state index contributed by atoms with van der Waals surface area (Å²) in [6, 6.07) is 25.2. The molecule has 3 aromatic carbocycles. The number of ether oxygens (including phenoxy) is 4. The molecule has 1 fully saturated rings. The molecule has 226 valence electrons. The quantitative estimate of drug-likeness (QED) is 0.174. The third-order valence-electron chi connectivity index (χ3n) is 7.78. The highest BCUT2D eigenvalue weighted by Crippen LogP contribution is 2.42. The minimum Gasteiger partial charge on any atom is -0.497 e. The van der Waals surface area contributed by atoms with Gasteiger partial charge in [0.05, 0.1) is 26.9 Å². The van der Waals surface area contributed by atoms with Crippen LogP contribution in [0.2, 0.25) is 0 Å². The van der Waals surface area contributed by atoms with Crippen LogP contribution in [0.25, 0.3) is 5.78 Å². The van der Waals surface area contributed by atoms with E-state index in [0.717, 1.165) is 16.7 Å². The molecule has 5 aromatic rings. The lowest BCUT2D eigenvalue weighted by Gasteiger charge is -2.37. The Labute approximate surface area is 252 Å². The van der Waals surface area contributed by atoms with Crippen LogP contribution in [-0.2, 0) is 19.9 Å². The summed E-state index contributed by atoms with van der Waals surface area (Å²) in [5, 5.41) is 13.5. The predicted molar refractivity (Wildman–Crippen MR) is 160 cm³/mol. The number of carbonyl (C=O) groups excluding carboxylic acids is 1. The van der Waals surface area contributed by atoms with Crippen LogP contribution in [0.15, 0.2) is 96.1 Å². The Hall–Kier alpha value is -5.04. The topological polar surface area (TPSA) is 138 Å². The summed E-state index contributed by atoms with van der Waals surface area (Å²) < 4.78 is 26.9. The fourth-order valence-electron chi connectivity index (χ4n) is 5.58. The van der Waals surface area contributed by atoms with E-state index in [9.17, 15) is 14.7 Å². The zero-order chi connectivity index (χ0) is 30.7. The Morgan fingerprint density at radius 1 is 0.932 bits per heavy atom. The second-order valence-electron chi connectivity index (χ2n) is 10.2. The van der Waals surface area contributed by atoms with Crippen molar-refractivity contribution < 1.29 is 28.8 Å². The normalized spacial score (nSPS) is 18.3. The number of hydrogen-bond acceptors (Lipinski definition) is 9. The van der Waals surface area contributed by atoms with Gasteiger partial charge in [-0.1, -0.05) is 54.6 Å². The minimum absolute atomic E-state index is 0.0245. The van der Waals surface area contributed by atoms with Crippen molar-refractivity contribution in [2.24, 2.45) is 0 Å². The number of imidazole rings is 1. The average Bonchev–Trinajstić information content (AvgIpc) is 3.66. The summed E-state index contributed by atoms with van der Waals surface area (Å²) in [4.78, 5) is 31.4. The molecule has 0 spiro atoms. The molecule has 1 amide bonds. The number of aliphatic hydroxyl groups excluding tert-OH is 1. The van der Waals surface area contributed by atoms with Crippen LogP contribution in [0.4, 0.5) is 5.95 Å². The molecule has 12 nitrogen and oxygen atoms in total. The number of hydrogen-bond donors (Lipinski definition) is 2. The molecule has 0 saturated carbocycles. The smallest absolute Gasteiger partial charge is 0.357 e. The van der Waals surface area contributed by atoms with Gasteiger partial charge in [-0.25, -0.2) is 9.20 Å². The zero-order valence-corrected chi connectivity index (χ0v) is 24.1. The summed E-state index contributed by atoms with van der Waals surface area (Å²) >= 11 is 0. The minimum atomic E-state index is -1.09. The van der Waals surface area contributed by atoms with Crippen molar-refractivity contribution in [2.75, 3.05) is 26.1 Å². The first kappa shape index (κ1) is 29.1. The molecule has 44 heavy (non-hydrogen) atoms. The lowest BCUT2D eigenvalue weighted by molar-refractivity contribution is -0.105. The van der Waals surface area contributed by atoms with Gasteiger partial charge >= 0.3 is 5.69 Å². The highest BCUT2D eigenvalue weighted by atomic mass is 16.6. The number of amides is 1. The molecule has 1 aliphatic rings. The highest BCUT2D eigenvalue weighted by Gasteiger charge is 2.42. The number of aliphatic hydroxyl groups is 1. The standard InChI is InChI=1S/C32H31N5O7/c1-41-24-12-8-22(9-13-24)32(21-6-4-3-5-7-21,23-10-14-25(42-2)15-11-23)43-19-27-26(39)18-28(44-27)36-16-17-37-30(36)34-29(33-20-38)35-31(37)40/h3-17,20,26-28,39H,18-19H2,1-2H3,(H,33,35,38,40)/t26-,27+,28+/m0/s1. The fraction of sp³-hybridized carbons (Fsp3) is 0.250. The fourth-order valence-corrected chi connectivity index (χ4v) is 5.58. The van der Waals surface area contributed by atoms with Crippen molar-refractivity contribution in [1.82, 2.24) is 18.9 Å². The van der Waals surface area contributed by atoms with Crippen LogP contribution < -0.4 is 20.5 Å². The number of aromatic nitrogens is 4. The maximum Gasteiger partial charge on any atom is 0.357 e. The van der Waals surface area contributed by atoms with E-state index >= 15 is 0 Å². The SMILES string of the molecule is COc1ccc(C(OC[C@H]2O[C@@H](n3ccn4c(=O)nc(NC=O)nc34)C[C@@H]2O)(c2ccccc2)c2ccc(OC)cc2)cc1. The molecule has 0 unspecified atom stereocenters. The van der Waals surface area contributed by atoms with Gasteiger partial charge in [-0.05, 0) is 41.0 Å². The van der Waals surface area contributed by atoms with Gasteiger partial charge in [0.15, 0.2) is 0 Å². The van der Waals surface area contributed by atoms with Crippen molar-refractivity contribution in [3.8, 4) is 11.5 Å². The number of carbonyl (C=O) groups is 1. The van der Waals surface area contributed by atoms with Gasteiger partial charge in [-0.2, -0.15) is 9.97 Å². The van der Waals surface area contributed by atoms with E-state index in [1.807, 2.05) is 78.9 Å². The Morgan fingerprint density at radius 2 is 1.55 bits per heavy atom. The van der Waals surface area contributed by atoms with Crippen LogP contribution in [0.3, 0.4) is 0 Å². The Morgan fingerprint density at radius 3 is 2.14 bits per heavy atom. The maximum absolute atomic E-state index is 12.4. The Balaban J connectivity index is 1.36. The molecule has 1 aliphatic heterocycles. The van der Waals surface area contributed by atoms with Crippen molar-refractivity contribution in [1.29, 1.82) is 0 Å². The van der Waals surface area contributed by atoms with E-state index in [1.54, 1.807) is 25.0 Å². The van der Waals surface area contributed by atoms with Crippen LogP contribution >= 0.6 is 0 Å². The average molecular weight is 598 g/mol. The molecule has 3 heterocycles. The first-order valence-electron chi connectivity index (χ1n) is 14.0. The lowest BCUT2D eigenvalue weighted by Crippen LogP contribution is -2.38. The van der Waals surface area contributed by atoms with Crippen molar-refractivity contribution in [3.05, 3.63) is 118 Å². The first-order chi connectivity index (χ1) is 21.5. The van der Waals surface area contributed by atoms with Crippen LogP contribution in [0.1, 0.15) is 29.3 Å². The predicted octanol–water partition coefficient (Wildman–Crippen LogP) is 3.13. The van der Waals surface area contributed by atoms with Crippen molar-refractivity contribution >= 4 is 18.1 Å². The van der Waals surface area contributed by atoms with Gasteiger partial charge in [0.1, 0.15) is 29.4 Å². The second-order valence-corrected chi connectivity index (χ2v) is 10.2. The molecule has 0 radical (unpaired) electrons. The number of benzene rings is 3. The Bertz CT molecular complexity index is 1740. The number of methoxy groups -OCH3 is 2. The zero-order valence-electron chi connectivity index (χ0n) is 24.1. The van der Waals surface area contributed by atoms with Gasteiger partial charge in [0.2, 0.25) is 18.1 Å². The van der Waals surface area contributed by atoms with E-state index in [-0.39, 0.29) is 24.8 Å². The summed E-state index contributed by atoms with van der Waals surface area (Å²) in [7, 11) is 3.23. The van der Waals surface area contributed by atoms with Gasteiger partial charge in [0.25, 0.3) is 0 Å². The highest BCUT2D eigenvalue weighted by molar-refractivity contribution is 5.67. The number of nitrogens with one attached hydrogen (secondary N) is 1. The number of nitrogens with zero attached hydrogens (tertiary/aromatic N) is 4. The van der Waals surface area contributed by atoms with Crippen LogP contribution in [0.5, 0.6) is 11.5 Å². The molecule has 0 aliphatic carbocycles. The molecule has 2 N–H and O–H groups in total. The van der Waals surface area contributed by atoms with Gasteiger partial charge in [0, 0.05) is 18.8 Å². The first-order valence-corrected chi connectivity index (χ1v) is 14.0. The number of fused-ring (bicyclic) bond motifs is 1. The van der Waals surface area contributed by atoms with Crippen LogP contribution in [-0.4, -0.2) is 63.5 Å². The third kappa shape index (κ3) is 5.30. The molecule has 1 saturated heterocycles. The van der Waals surface area contributed by atoms with Crippen LogP contribution in [0, 0.1) is 0 Å². The van der Waals surface area contributed by atoms with E-state index in [1.165, 1.54) is 10.6 Å². The van der Waals surface area contributed by atoms with Crippen molar-refractivity contribution in [2.45, 2.75) is 30.5 Å². The molecule has 12 heteroatoms. The second kappa shape index (κ2) is 12.3. The molecule has 3 atom stereocenters. The van der Waals surface area contributed by atoms with Gasteiger partial charge in [-0.15, -0.1) is 0 Å². The third-order valence-corrected chi connectivity index (χ3v) is 7.78. The van der Waals surface area contributed by atoms with E-state index in [4.69, 9.17) is 18.9 Å². The molecule has 6 rings (SSSR count). The number of rotatable bonds is 11. The van der Waals surface area contributed by atoms with E-state index < -0.39 is 29.7 Å². The monoisotopic (exact) mass is 597 g/mol. The molecule has 0 bridgehead atoms. The maximum atomic E-state index is 12.4. The van der Waals surface area contributed by atoms with Gasteiger partial charge < -0.3 is 24.1 Å².